The van der Waals surface area contributed by atoms with Crippen LogP contribution in [0.25, 0.3) is 0 Å². The van der Waals surface area contributed by atoms with E-state index < -0.39 is 0 Å². The van der Waals surface area contributed by atoms with Gasteiger partial charge in [-0.1, -0.05) is 0 Å². The molecule has 0 radical (unpaired) electrons. The van der Waals surface area contributed by atoms with Gasteiger partial charge in [-0.25, -0.2) is 0 Å². The molecule has 0 saturated carbocycles. The quantitative estimate of drug-likeness (QED) is 0.865. The number of nitrogens with zero attached hydrogens (tertiary/aromatic N) is 2. The van der Waals surface area contributed by atoms with Crippen molar-refractivity contribution in [2.75, 3.05) is 18.4 Å². The molecule has 1 aromatic heterocycles. The molecule has 0 fully saturated rings. The number of hydrogen-bond donors (Lipinski definition) is 1. The molecule has 1 aromatic rings. The molecule has 0 spiro atoms. The van der Waals surface area contributed by atoms with Crippen LogP contribution in [0.4, 0.5) is 5.00 Å². The van der Waals surface area contributed by atoms with Gasteiger partial charge in [0, 0.05) is 18.0 Å². The zero-order chi connectivity index (χ0) is 13.8. The lowest BCUT2D eigenvalue weighted by Crippen LogP contribution is -2.34. The van der Waals surface area contributed by atoms with E-state index in [1.54, 1.807) is 11.3 Å². The molecule has 1 aliphatic rings. The smallest absolute Gasteiger partial charge is 0.174 e. The fraction of sp³-hybridized carbons (Fsp3) is 0.571. The van der Waals surface area contributed by atoms with Crippen LogP contribution in [0.2, 0.25) is 0 Å². The molecule has 0 unspecified atom stereocenters. The third-order valence-corrected chi connectivity index (χ3v) is 5.12. The number of thiophene rings is 1. The fourth-order valence-corrected chi connectivity index (χ4v) is 4.12. The number of nitriles is 1. The summed E-state index contributed by atoms with van der Waals surface area (Å²) >= 11 is 7.12. The number of nitrogens with one attached hydrogen (secondary N) is 1. The van der Waals surface area contributed by atoms with Crippen LogP contribution in [0.15, 0.2) is 0 Å². The van der Waals surface area contributed by atoms with E-state index in [0.717, 1.165) is 41.6 Å². The van der Waals surface area contributed by atoms with Gasteiger partial charge in [-0.05, 0) is 57.3 Å². The Morgan fingerprint density at radius 1 is 1.37 bits per heavy atom. The Morgan fingerprint density at radius 3 is 2.68 bits per heavy atom. The van der Waals surface area contributed by atoms with Crippen LogP contribution in [0.1, 0.15) is 42.7 Å². The zero-order valence-electron chi connectivity index (χ0n) is 11.5. The summed E-state index contributed by atoms with van der Waals surface area (Å²) in [4.78, 5) is 3.46. The van der Waals surface area contributed by atoms with E-state index in [-0.39, 0.29) is 0 Å². The van der Waals surface area contributed by atoms with Gasteiger partial charge in [0.05, 0.1) is 5.56 Å². The molecule has 3 nitrogen and oxygen atoms in total. The first-order valence-electron chi connectivity index (χ1n) is 6.81. The number of aryl methyl sites for hydroxylation is 1. The van der Waals surface area contributed by atoms with Gasteiger partial charge in [0.25, 0.3) is 0 Å². The molecule has 5 heteroatoms. The van der Waals surface area contributed by atoms with Crippen molar-refractivity contribution in [1.29, 1.82) is 5.26 Å². The molecule has 0 saturated heterocycles. The molecule has 1 aliphatic carbocycles. The number of hydrogen-bond acceptors (Lipinski definition) is 3. The van der Waals surface area contributed by atoms with Crippen LogP contribution in [0, 0.1) is 11.3 Å². The minimum absolute atomic E-state index is 0.722. The molecular weight excluding hydrogens is 274 g/mol. The lowest BCUT2D eigenvalue weighted by atomic mass is 9.96. The van der Waals surface area contributed by atoms with Gasteiger partial charge >= 0.3 is 0 Å². The summed E-state index contributed by atoms with van der Waals surface area (Å²) in [7, 11) is 0. The van der Waals surface area contributed by atoms with Crippen molar-refractivity contribution in [2.24, 2.45) is 0 Å². The molecule has 19 heavy (non-hydrogen) atoms. The molecule has 0 aliphatic heterocycles. The van der Waals surface area contributed by atoms with Gasteiger partial charge in [-0.3, -0.25) is 0 Å². The van der Waals surface area contributed by atoms with Crippen molar-refractivity contribution in [2.45, 2.75) is 39.5 Å². The van der Waals surface area contributed by atoms with Crippen LogP contribution in [-0.2, 0) is 12.8 Å². The Labute approximate surface area is 124 Å². The second kappa shape index (κ2) is 6.36. The first-order chi connectivity index (χ1) is 9.21. The Kier molecular flexibility index (Phi) is 4.78. The third-order valence-electron chi connectivity index (χ3n) is 3.55. The van der Waals surface area contributed by atoms with Crippen molar-refractivity contribution < 1.29 is 0 Å². The summed E-state index contributed by atoms with van der Waals surface area (Å²) in [6.45, 7) is 5.94. The summed E-state index contributed by atoms with van der Waals surface area (Å²) in [5.74, 6) is 0. The molecular formula is C14H19N3S2. The van der Waals surface area contributed by atoms with Crippen LogP contribution in [0.3, 0.4) is 0 Å². The number of thiocarbonyl (C=S) groups is 1. The minimum Gasteiger partial charge on any atom is -0.350 e. The summed E-state index contributed by atoms with van der Waals surface area (Å²) in [6.07, 6.45) is 4.57. The summed E-state index contributed by atoms with van der Waals surface area (Å²) in [5, 5.41) is 14.3. The molecule has 1 heterocycles. The van der Waals surface area contributed by atoms with E-state index in [9.17, 15) is 5.26 Å². The van der Waals surface area contributed by atoms with E-state index in [2.05, 4.69) is 30.1 Å². The van der Waals surface area contributed by atoms with Gasteiger partial charge in [0.2, 0.25) is 0 Å². The predicted molar refractivity (Wildman–Crippen MR) is 84.8 cm³/mol. The Hall–Kier alpha value is -1.12. The fourth-order valence-electron chi connectivity index (χ4n) is 2.46. The minimum atomic E-state index is 0.722. The monoisotopic (exact) mass is 293 g/mol. The first kappa shape index (κ1) is 14.3. The van der Waals surface area contributed by atoms with Gasteiger partial charge < -0.3 is 10.2 Å². The van der Waals surface area contributed by atoms with E-state index in [1.165, 1.54) is 23.3 Å². The topological polar surface area (TPSA) is 39.1 Å². The van der Waals surface area contributed by atoms with Gasteiger partial charge in [-0.15, -0.1) is 11.3 Å². The molecule has 0 bridgehead atoms. The SMILES string of the molecule is CCN(CC)C(=S)Nc1sc2c(c1C#N)CCCC2. The Balaban J connectivity index is 2.23. The van der Waals surface area contributed by atoms with Crippen LogP contribution in [-0.4, -0.2) is 23.1 Å². The number of rotatable bonds is 3. The lowest BCUT2D eigenvalue weighted by Gasteiger charge is -2.21. The molecule has 0 aromatic carbocycles. The van der Waals surface area contributed by atoms with Crippen LogP contribution in [0.5, 0.6) is 0 Å². The average molecular weight is 293 g/mol. The highest BCUT2D eigenvalue weighted by Crippen LogP contribution is 2.37. The first-order valence-corrected chi connectivity index (χ1v) is 8.04. The maximum atomic E-state index is 9.39. The molecule has 2 rings (SSSR count). The third kappa shape index (κ3) is 2.90. The van der Waals surface area contributed by atoms with E-state index in [0.29, 0.717) is 0 Å². The van der Waals surface area contributed by atoms with Crippen molar-refractivity contribution >= 4 is 33.7 Å². The van der Waals surface area contributed by atoms with E-state index in [4.69, 9.17) is 12.2 Å². The van der Waals surface area contributed by atoms with Gasteiger partial charge in [-0.2, -0.15) is 5.26 Å². The van der Waals surface area contributed by atoms with E-state index >= 15 is 0 Å². The highest BCUT2D eigenvalue weighted by molar-refractivity contribution is 7.80. The lowest BCUT2D eigenvalue weighted by molar-refractivity contribution is 0.473. The maximum Gasteiger partial charge on any atom is 0.174 e. The predicted octanol–water partition coefficient (Wildman–Crippen LogP) is 3.54. The highest BCUT2D eigenvalue weighted by atomic mass is 32.1. The summed E-state index contributed by atoms with van der Waals surface area (Å²) < 4.78 is 0. The Morgan fingerprint density at radius 2 is 2.05 bits per heavy atom. The van der Waals surface area contributed by atoms with Gasteiger partial charge in [0.15, 0.2) is 5.11 Å². The summed E-state index contributed by atoms with van der Waals surface area (Å²) in [5.41, 5.74) is 2.07. The summed E-state index contributed by atoms with van der Waals surface area (Å²) in [6, 6.07) is 2.35. The van der Waals surface area contributed by atoms with Crippen molar-refractivity contribution in [3.8, 4) is 6.07 Å². The number of anilines is 1. The normalized spacial score (nSPS) is 13.5. The second-order valence-electron chi connectivity index (χ2n) is 4.63. The molecule has 1 N–H and O–H groups in total. The van der Waals surface area contributed by atoms with E-state index in [1.807, 2.05) is 0 Å². The molecule has 102 valence electrons. The largest absolute Gasteiger partial charge is 0.350 e. The maximum absolute atomic E-state index is 9.39. The molecule has 0 atom stereocenters. The van der Waals surface area contributed by atoms with Crippen LogP contribution < -0.4 is 5.32 Å². The Bertz CT molecular complexity index is 509. The second-order valence-corrected chi connectivity index (χ2v) is 6.12. The van der Waals surface area contributed by atoms with Crippen LogP contribution >= 0.6 is 23.6 Å². The van der Waals surface area contributed by atoms with Gasteiger partial charge in [0.1, 0.15) is 11.1 Å². The number of fused-ring (bicyclic) bond motifs is 1. The van der Waals surface area contributed by atoms with Crippen molar-refractivity contribution in [1.82, 2.24) is 4.90 Å². The van der Waals surface area contributed by atoms with Crippen molar-refractivity contribution in [3.63, 3.8) is 0 Å². The van der Waals surface area contributed by atoms with Crippen molar-refractivity contribution in [3.05, 3.63) is 16.0 Å². The zero-order valence-corrected chi connectivity index (χ0v) is 13.1. The standard InChI is InChI=1S/C14H19N3S2/c1-3-17(4-2)14(18)16-13-11(9-15)10-7-5-6-8-12(10)19-13/h3-8H2,1-2H3,(H,16,18). The highest BCUT2D eigenvalue weighted by Gasteiger charge is 2.21. The average Bonchev–Trinajstić information content (AvgIpc) is 2.77. The molecule has 0 amide bonds.